The molecule has 1 aromatic heterocycles. The van der Waals surface area contributed by atoms with Gasteiger partial charge in [-0.15, -0.1) is 0 Å². The van der Waals surface area contributed by atoms with Crippen molar-refractivity contribution in [2.75, 3.05) is 6.61 Å². The lowest BCUT2D eigenvalue weighted by atomic mass is 10.2. The van der Waals surface area contributed by atoms with Crippen LogP contribution in [0, 0.1) is 5.41 Å². The number of para-hydroxylation sites is 1. The van der Waals surface area contributed by atoms with E-state index in [1.807, 2.05) is 24.3 Å². The molecule has 2 heterocycles. The number of hydrogen-bond acceptors (Lipinski definition) is 6. The van der Waals surface area contributed by atoms with Crippen LogP contribution in [0.15, 0.2) is 41.3 Å². The third-order valence-electron chi connectivity index (χ3n) is 10.8. The van der Waals surface area contributed by atoms with E-state index in [4.69, 9.17) is 23.4 Å². The quantitative estimate of drug-likeness (QED) is 0.256. The van der Waals surface area contributed by atoms with Crippen LogP contribution >= 0.6 is 0 Å². The largest absolute Gasteiger partial charge is 0.543 e. The first-order chi connectivity index (χ1) is 20.3. The molecule has 2 aromatic rings. The lowest BCUT2D eigenvalue weighted by molar-refractivity contribution is -0.0416. The van der Waals surface area contributed by atoms with Gasteiger partial charge in [0.2, 0.25) is 8.32 Å². The molecule has 0 unspecified atom stereocenters. The summed E-state index contributed by atoms with van der Waals surface area (Å²) in [7, 11) is -6.28. The Bertz CT molecular complexity index is 1440. The second kappa shape index (κ2) is 13.0. The average molecular weight is 676 g/mol. The topological polar surface area (TPSA) is 87.7 Å². The normalized spacial score (nSPS) is 20.5. The Morgan fingerprint density at radius 1 is 0.844 bits per heavy atom. The highest BCUT2D eigenvalue weighted by Gasteiger charge is 2.47. The standard InChI is InChI=1S/C34H61N3O5Si3/c1-32(2,3)43(10,11)39-24-28-27(42-45(14,15)34(7,8)9)22-30(40-28)36-21-20-29(35)37(31(36)38)23-25-18-16-17-19-26(25)41-44(12,13)33(4,5)6/h16-21,27-28,30,35H,22-24H2,1-15H3/t27-,28+,30+/m0/s1. The van der Waals surface area contributed by atoms with Crippen LogP contribution in [0.4, 0.5) is 0 Å². The van der Waals surface area contributed by atoms with Crippen molar-refractivity contribution in [2.24, 2.45) is 0 Å². The van der Waals surface area contributed by atoms with Gasteiger partial charge < -0.3 is 18.0 Å². The zero-order valence-corrected chi connectivity index (χ0v) is 33.8. The predicted octanol–water partition coefficient (Wildman–Crippen LogP) is 8.26. The second-order valence-electron chi connectivity index (χ2n) is 17.3. The van der Waals surface area contributed by atoms with Crippen molar-refractivity contribution in [3.05, 3.63) is 58.1 Å². The molecule has 0 radical (unpaired) electrons. The molecule has 1 saturated heterocycles. The van der Waals surface area contributed by atoms with E-state index >= 15 is 0 Å². The summed E-state index contributed by atoms with van der Waals surface area (Å²) >= 11 is 0. The zero-order valence-electron chi connectivity index (χ0n) is 30.8. The fourth-order valence-electron chi connectivity index (χ4n) is 4.46. The molecular formula is C34H61N3O5Si3. The van der Waals surface area contributed by atoms with Gasteiger partial charge in [0, 0.05) is 18.2 Å². The number of benzene rings is 1. The zero-order chi connectivity index (χ0) is 34.4. The lowest BCUT2D eigenvalue weighted by Crippen LogP contribution is -2.48. The summed E-state index contributed by atoms with van der Waals surface area (Å²) in [5.74, 6) is 0.772. The van der Waals surface area contributed by atoms with Crippen molar-refractivity contribution in [3.8, 4) is 5.75 Å². The van der Waals surface area contributed by atoms with Crippen LogP contribution in [0.5, 0.6) is 5.75 Å². The van der Waals surface area contributed by atoms with Crippen molar-refractivity contribution in [1.82, 2.24) is 9.13 Å². The first-order valence-corrected chi connectivity index (χ1v) is 25.1. The minimum absolute atomic E-state index is 0.0287. The maximum absolute atomic E-state index is 14.1. The van der Waals surface area contributed by atoms with Crippen LogP contribution in [0.25, 0.3) is 0 Å². The van der Waals surface area contributed by atoms with Gasteiger partial charge in [-0.3, -0.25) is 14.5 Å². The minimum Gasteiger partial charge on any atom is -0.543 e. The van der Waals surface area contributed by atoms with Gasteiger partial charge >= 0.3 is 5.69 Å². The van der Waals surface area contributed by atoms with E-state index in [-0.39, 0.29) is 45.0 Å². The third kappa shape index (κ3) is 8.58. The van der Waals surface area contributed by atoms with Crippen LogP contribution in [0.1, 0.15) is 80.5 Å². The molecule has 1 aliphatic heterocycles. The Balaban J connectivity index is 1.96. The number of rotatable bonds is 10. The minimum atomic E-state index is -2.14. The molecule has 0 bridgehead atoms. The summed E-state index contributed by atoms with van der Waals surface area (Å²) in [6.45, 7) is 34.1. The van der Waals surface area contributed by atoms with Crippen LogP contribution in [-0.2, 0) is 20.1 Å². The third-order valence-corrected chi connectivity index (χ3v) is 24.1. The van der Waals surface area contributed by atoms with Gasteiger partial charge in [0.25, 0.3) is 0 Å². The lowest BCUT2D eigenvalue weighted by Gasteiger charge is -2.40. The molecule has 0 spiro atoms. The van der Waals surface area contributed by atoms with E-state index in [9.17, 15) is 4.79 Å². The van der Waals surface area contributed by atoms with Crippen LogP contribution in [0.3, 0.4) is 0 Å². The molecule has 0 aliphatic carbocycles. The molecule has 45 heavy (non-hydrogen) atoms. The Hall–Kier alpha value is -1.77. The van der Waals surface area contributed by atoms with E-state index in [1.165, 1.54) is 4.57 Å². The van der Waals surface area contributed by atoms with E-state index in [0.29, 0.717) is 13.0 Å². The Kier molecular flexibility index (Phi) is 10.9. The molecule has 1 aromatic carbocycles. The van der Waals surface area contributed by atoms with Crippen molar-refractivity contribution < 1.29 is 18.0 Å². The highest BCUT2D eigenvalue weighted by molar-refractivity contribution is 6.75. The molecule has 3 rings (SSSR count). The van der Waals surface area contributed by atoms with Crippen LogP contribution < -0.4 is 15.6 Å². The molecule has 1 aliphatic rings. The SMILES string of the molecule is CC(C)(C)[Si](C)(C)OC[C@H]1O[C@@H](n2ccc(=N)n(Cc3ccccc3O[Si](C)(C)C(C)(C)C)c2=O)C[C@@H]1O[Si](C)(C)C(C)(C)C. The van der Waals surface area contributed by atoms with Crippen LogP contribution in [0.2, 0.25) is 54.4 Å². The van der Waals surface area contributed by atoms with Gasteiger partial charge in [-0.1, -0.05) is 80.5 Å². The summed E-state index contributed by atoms with van der Waals surface area (Å²) < 4.78 is 30.0. The molecule has 0 amide bonds. The van der Waals surface area contributed by atoms with E-state index in [2.05, 4.69) is 102 Å². The van der Waals surface area contributed by atoms with Gasteiger partial charge in [-0.2, -0.15) is 0 Å². The summed E-state index contributed by atoms with van der Waals surface area (Å²) in [5, 5.41) is 8.81. The summed E-state index contributed by atoms with van der Waals surface area (Å²) in [5.41, 5.74) is 0.734. The molecule has 1 N–H and O–H groups in total. The monoisotopic (exact) mass is 675 g/mol. The summed E-state index contributed by atoms with van der Waals surface area (Å²) in [6, 6.07) is 9.54. The first-order valence-electron chi connectivity index (χ1n) is 16.4. The Morgan fingerprint density at radius 3 is 1.96 bits per heavy atom. The van der Waals surface area contributed by atoms with Crippen molar-refractivity contribution in [2.45, 2.75) is 148 Å². The van der Waals surface area contributed by atoms with Crippen molar-refractivity contribution in [3.63, 3.8) is 0 Å². The van der Waals surface area contributed by atoms with Gasteiger partial charge in [-0.25, -0.2) is 4.79 Å². The summed E-state index contributed by atoms with van der Waals surface area (Å²) in [4.78, 5) is 14.1. The molecule has 0 saturated carbocycles. The molecule has 3 atom stereocenters. The van der Waals surface area contributed by atoms with Crippen molar-refractivity contribution in [1.29, 1.82) is 5.41 Å². The fraction of sp³-hybridized carbons (Fsp3) is 0.706. The molecule has 8 nitrogen and oxygen atoms in total. The molecule has 254 valence electrons. The average Bonchev–Trinajstić information content (AvgIpc) is 3.25. The maximum atomic E-state index is 14.1. The first kappa shape index (κ1) is 37.7. The molecular weight excluding hydrogens is 615 g/mol. The highest BCUT2D eigenvalue weighted by Crippen LogP contribution is 2.42. The Labute approximate surface area is 275 Å². The number of aromatic nitrogens is 2. The maximum Gasteiger partial charge on any atom is 0.332 e. The van der Waals surface area contributed by atoms with Crippen LogP contribution in [-0.4, -0.2) is 52.9 Å². The smallest absolute Gasteiger partial charge is 0.332 e. The number of ether oxygens (including phenoxy) is 1. The van der Waals surface area contributed by atoms with Gasteiger partial charge in [0.15, 0.2) is 16.6 Å². The fourth-order valence-corrected chi connectivity index (χ4v) is 7.89. The predicted molar refractivity (Wildman–Crippen MR) is 192 cm³/mol. The number of nitrogens with zero attached hydrogens (tertiary/aromatic N) is 2. The van der Waals surface area contributed by atoms with E-state index < -0.39 is 31.2 Å². The number of nitrogens with one attached hydrogen (secondary N) is 1. The van der Waals surface area contributed by atoms with Gasteiger partial charge in [0.05, 0.1) is 19.3 Å². The van der Waals surface area contributed by atoms with Crippen molar-refractivity contribution >= 4 is 25.0 Å². The number of hydrogen-bond donors (Lipinski definition) is 1. The Morgan fingerprint density at radius 2 is 1.40 bits per heavy atom. The molecule has 11 heteroatoms. The van der Waals surface area contributed by atoms with Gasteiger partial charge in [0.1, 0.15) is 23.6 Å². The molecule has 1 fully saturated rings. The van der Waals surface area contributed by atoms with E-state index in [1.54, 1.807) is 16.8 Å². The summed E-state index contributed by atoms with van der Waals surface area (Å²) in [6.07, 6.45) is 1.21. The van der Waals surface area contributed by atoms with E-state index in [0.717, 1.165) is 11.3 Å². The van der Waals surface area contributed by atoms with Gasteiger partial charge in [-0.05, 0) is 66.5 Å². The highest BCUT2D eigenvalue weighted by atomic mass is 28.4. The second-order valence-corrected chi connectivity index (χ2v) is 31.6.